The van der Waals surface area contributed by atoms with E-state index in [9.17, 15) is 9.90 Å². The number of aryl methyl sites for hydroxylation is 2. The highest BCUT2D eigenvalue weighted by molar-refractivity contribution is 5.96. The standard InChI is InChI=1S/C16H26N2O2/c1-5-12(6-2)15(19)9-18-16(20)13-8-14(17)11(4)7-10(13)3/h7-8,12,15,19H,5-6,9,17H2,1-4H3,(H,18,20). The maximum atomic E-state index is 12.2. The highest BCUT2D eigenvalue weighted by atomic mass is 16.3. The van der Waals surface area contributed by atoms with Crippen LogP contribution in [0.15, 0.2) is 12.1 Å². The van der Waals surface area contributed by atoms with E-state index >= 15 is 0 Å². The number of carbonyl (C=O) groups excluding carboxylic acids is 1. The molecule has 0 fully saturated rings. The van der Waals surface area contributed by atoms with Crippen molar-refractivity contribution in [2.75, 3.05) is 12.3 Å². The van der Waals surface area contributed by atoms with Crippen molar-refractivity contribution in [3.05, 3.63) is 28.8 Å². The summed E-state index contributed by atoms with van der Waals surface area (Å²) in [5, 5.41) is 12.8. The number of hydrogen-bond donors (Lipinski definition) is 3. The van der Waals surface area contributed by atoms with Crippen molar-refractivity contribution in [3.63, 3.8) is 0 Å². The van der Waals surface area contributed by atoms with Crippen LogP contribution < -0.4 is 11.1 Å². The number of aliphatic hydroxyl groups excluding tert-OH is 1. The highest BCUT2D eigenvalue weighted by Crippen LogP contribution is 2.18. The Hall–Kier alpha value is -1.55. The second kappa shape index (κ2) is 7.29. The van der Waals surface area contributed by atoms with Gasteiger partial charge >= 0.3 is 0 Å². The molecule has 0 radical (unpaired) electrons. The first-order valence-electron chi connectivity index (χ1n) is 7.23. The fourth-order valence-corrected chi connectivity index (χ4v) is 2.41. The largest absolute Gasteiger partial charge is 0.398 e. The fraction of sp³-hybridized carbons (Fsp3) is 0.562. The first-order valence-corrected chi connectivity index (χ1v) is 7.23. The van der Waals surface area contributed by atoms with Gasteiger partial charge in [0.1, 0.15) is 0 Å². The lowest BCUT2D eigenvalue weighted by Crippen LogP contribution is -2.36. The van der Waals surface area contributed by atoms with Gasteiger partial charge in [-0.15, -0.1) is 0 Å². The zero-order valence-electron chi connectivity index (χ0n) is 12.9. The first-order chi connectivity index (χ1) is 9.40. The van der Waals surface area contributed by atoms with Crippen LogP contribution in [0.2, 0.25) is 0 Å². The lowest BCUT2D eigenvalue weighted by atomic mass is 9.96. The number of aliphatic hydroxyl groups is 1. The molecular weight excluding hydrogens is 252 g/mol. The molecule has 0 saturated carbocycles. The van der Waals surface area contributed by atoms with Gasteiger partial charge in [-0.05, 0) is 37.0 Å². The molecule has 0 spiro atoms. The molecule has 0 bridgehead atoms. The molecule has 0 saturated heterocycles. The quantitative estimate of drug-likeness (QED) is 0.699. The molecule has 112 valence electrons. The lowest BCUT2D eigenvalue weighted by Gasteiger charge is -2.20. The fourth-order valence-electron chi connectivity index (χ4n) is 2.41. The van der Waals surface area contributed by atoms with Gasteiger partial charge in [0.25, 0.3) is 5.91 Å². The highest BCUT2D eigenvalue weighted by Gasteiger charge is 2.17. The number of anilines is 1. The Morgan fingerprint density at radius 1 is 1.25 bits per heavy atom. The molecule has 0 aromatic heterocycles. The van der Waals surface area contributed by atoms with Crippen molar-refractivity contribution in [3.8, 4) is 0 Å². The van der Waals surface area contributed by atoms with Crippen molar-refractivity contribution in [1.82, 2.24) is 5.32 Å². The van der Waals surface area contributed by atoms with Crippen LogP contribution in [-0.2, 0) is 0 Å². The Bertz CT molecular complexity index is 468. The lowest BCUT2D eigenvalue weighted by molar-refractivity contribution is 0.0816. The van der Waals surface area contributed by atoms with Crippen molar-refractivity contribution in [1.29, 1.82) is 0 Å². The van der Waals surface area contributed by atoms with Crippen LogP contribution in [0, 0.1) is 19.8 Å². The smallest absolute Gasteiger partial charge is 0.251 e. The summed E-state index contributed by atoms with van der Waals surface area (Å²) in [4.78, 5) is 12.2. The molecule has 1 aromatic carbocycles. The van der Waals surface area contributed by atoms with E-state index in [1.165, 1.54) is 0 Å². The van der Waals surface area contributed by atoms with Gasteiger partial charge in [0.2, 0.25) is 0 Å². The van der Waals surface area contributed by atoms with Crippen LogP contribution in [0.4, 0.5) is 5.69 Å². The van der Waals surface area contributed by atoms with Crippen LogP contribution in [0.5, 0.6) is 0 Å². The van der Waals surface area contributed by atoms with Crippen molar-refractivity contribution < 1.29 is 9.90 Å². The van der Waals surface area contributed by atoms with E-state index in [1.807, 2.05) is 33.8 Å². The summed E-state index contributed by atoms with van der Waals surface area (Å²) in [5.41, 5.74) is 8.89. The molecule has 4 N–H and O–H groups in total. The minimum Gasteiger partial charge on any atom is -0.398 e. The molecule has 1 atom stereocenters. The Morgan fingerprint density at radius 3 is 2.40 bits per heavy atom. The zero-order chi connectivity index (χ0) is 15.3. The maximum absolute atomic E-state index is 12.2. The van der Waals surface area contributed by atoms with Crippen LogP contribution >= 0.6 is 0 Å². The number of rotatable bonds is 6. The van der Waals surface area contributed by atoms with Crippen LogP contribution in [0.25, 0.3) is 0 Å². The molecule has 1 rings (SSSR count). The molecule has 0 aliphatic heterocycles. The van der Waals surface area contributed by atoms with E-state index in [-0.39, 0.29) is 18.4 Å². The van der Waals surface area contributed by atoms with E-state index in [0.29, 0.717) is 11.3 Å². The number of hydrogen-bond acceptors (Lipinski definition) is 3. The number of nitrogens with one attached hydrogen (secondary N) is 1. The molecule has 4 heteroatoms. The average Bonchev–Trinajstić information content (AvgIpc) is 2.41. The molecule has 20 heavy (non-hydrogen) atoms. The summed E-state index contributed by atoms with van der Waals surface area (Å²) in [6.07, 6.45) is 1.31. The van der Waals surface area contributed by atoms with E-state index in [0.717, 1.165) is 24.0 Å². The van der Waals surface area contributed by atoms with Gasteiger partial charge in [0.05, 0.1) is 6.10 Å². The molecule has 4 nitrogen and oxygen atoms in total. The Labute approximate surface area is 121 Å². The van der Waals surface area contributed by atoms with E-state index in [1.54, 1.807) is 6.07 Å². The molecular formula is C16H26N2O2. The van der Waals surface area contributed by atoms with Gasteiger partial charge in [-0.3, -0.25) is 4.79 Å². The minimum atomic E-state index is -0.503. The number of nitrogens with two attached hydrogens (primary N) is 1. The molecule has 1 amide bonds. The summed E-state index contributed by atoms with van der Waals surface area (Å²) in [6.45, 7) is 8.17. The van der Waals surface area contributed by atoms with Gasteiger partial charge < -0.3 is 16.2 Å². The molecule has 0 aliphatic rings. The summed E-state index contributed by atoms with van der Waals surface area (Å²) in [7, 11) is 0. The van der Waals surface area contributed by atoms with Crippen LogP contribution in [0.3, 0.4) is 0 Å². The molecule has 1 aromatic rings. The zero-order valence-corrected chi connectivity index (χ0v) is 12.9. The number of carbonyl (C=O) groups is 1. The Morgan fingerprint density at radius 2 is 1.85 bits per heavy atom. The second-order valence-electron chi connectivity index (χ2n) is 5.38. The SMILES string of the molecule is CCC(CC)C(O)CNC(=O)c1cc(N)c(C)cc1C. The summed E-state index contributed by atoms with van der Waals surface area (Å²) >= 11 is 0. The monoisotopic (exact) mass is 278 g/mol. The normalized spacial score (nSPS) is 12.5. The number of nitrogen functional groups attached to an aromatic ring is 1. The summed E-state index contributed by atoms with van der Waals surface area (Å²) < 4.78 is 0. The van der Waals surface area contributed by atoms with Crippen molar-refractivity contribution >= 4 is 11.6 Å². The predicted molar refractivity (Wildman–Crippen MR) is 82.7 cm³/mol. The third-order valence-electron chi connectivity index (χ3n) is 3.92. The van der Waals surface area contributed by atoms with Crippen LogP contribution in [0.1, 0.15) is 48.2 Å². The molecule has 1 unspecified atom stereocenters. The number of amides is 1. The Balaban J connectivity index is 2.70. The van der Waals surface area contributed by atoms with Gasteiger partial charge in [-0.25, -0.2) is 0 Å². The summed E-state index contributed by atoms with van der Waals surface area (Å²) in [6, 6.07) is 3.60. The van der Waals surface area contributed by atoms with E-state index in [2.05, 4.69) is 5.32 Å². The second-order valence-corrected chi connectivity index (χ2v) is 5.38. The van der Waals surface area contributed by atoms with Gasteiger partial charge in [-0.2, -0.15) is 0 Å². The van der Waals surface area contributed by atoms with E-state index < -0.39 is 6.10 Å². The molecule has 0 aliphatic carbocycles. The summed E-state index contributed by atoms with van der Waals surface area (Å²) in [5.74, 6) is 0.0405. The third-order valence-corrected chi connectivity index (χ3v) is 3.92. The molecule has 0 heterocycles. The van der Waals surface area contributed by atoms with Crippen molar-refractivity contribution in [2.45, 2.75) is 46.6 Å². The topological polar surface area (TPSA) is 75.3 Å². The maximum Gasteiger partial charge on any atom is 0.251 e. The average molecular weight is 278 g/mol. The van der Waals surface area contributed by atoms with Crippen LogP contribution in [-0.4, -0.2) is 23.7 Å². The minimum absolute atomic E-state index is 0.181. The Kier molecular flexibility index (Phi) is 6.02. The van der Waals surface area contributed by atoms with Gasteiger partial charge in [0, 0.05) is 17.8 Å². The third kappa shape index (κ3) is 3.97. The first kappa shape index (κ1) is 16.5. The van der Waals surface area contributed by atoms with Gasteiger partial charge in [-0.1, -0.05) is 32.8 Å². The van der Waals surface area contributed by atoms with Gasteiger partial charge in [0.15, 0.2) is 0 Å². The predicted octanol–water partition coefficient (Wildman–Crippen LogP) is 2.41. The number of benzene rings is 1. The van der Waals surface area contributed by atoms with Crippen molar-refractivity contribution in [2.24, 2.45) is 5.92 Å². The van der Waals surface area contributed by atoms with E-state index in [4.69, 9.17) is 5.73 Å².